The van der Waals surface area contributed by atoms with Crippen molar-refractivity contribution in [3.63, 3.8) is 0 Å². The van der Waals surface area contributed by atoms with Crippen LogP contribution in [-0.2, 0) is 6.54 Å². The second kappa shape index (κ2) is 7.07. The van der Waals surface area contributed by atoms with Crippen molar-refractivity contribution in [1.29, 1.82) is 0 Å². The normalized spacial score (nSPS) is 22.6. The van der Waals surface area contributed by atoms with E-state index >= 15 is 0 Å². The van der Waals surface area contributed by atoms with Crippen molar-refractivity contribution in [2.24, 2.45) is 5.92 Å². The van der Waals surface area contributed by atoms with E-state index in [1.807, 2.05) is 6.20 Å². The smallest absolute Gasteiger partial charge is 0.133 e. The molecule has 2 unspecified atom stereocenters. The summed E-state index contributed by atoms with van der Waals surface area (Å²) in [6, 6.07) is 3.26. The van der Waals surface area contributed by atoms with E-state index in [-0.39, 0.29) is 0 Å². The number of rotatable bonds is 5. The van der Waals surface area contributed by atoms with Gasteiger partial charge >= 0.3 is 0 Å². The van der Waals surface area contributed by atoms with Gasteiger partial charge in [0.1, 0.15) is 5.82 Å². The maximum atomic E-state index is 4.69. The van der Waals surface area contributed by atoms with E-state index in [1.54, 1.807) is 0 Å². The molecule has 1 aromatic heterocycles. The molecule has 0 aromatic carbocycles. The Morgan fingerprint density at radius 2 is 2.14 bits per heavy atom. The molecule has 1 aliphatic heterocycles. The molecule has 0 saturated carbocycles. The van der Waals surface area contributed by atoms with Crippen LogP contribution >= 0.6 is 15.9 Å². The largest absolute Gasteiger partial charge is 0.354 e. The molecule has 0 spiro atoms. The van der Waals surface area contributed by atoms with Crippen molar-refractivity contribution >= 4 is 21.7 Å². The summed E-state index contributed by atoms with van der Waals surface area (Å²) in [4.78, 5) is 9.45. The standard InChI is InChI=1S/C16H27BrN4/c1-11(2)18-7-13-6-14(17)8-19-16(13)21-9-12(3)15(10-21)20(4)5/h6,8,11-12,15,18H,7,9-10H2,1-5H3. The summed E-state index contributed by atoms with van der Waals surface area (Å²) in [5, 5.41) is 3.50. The van der Waals surface area contributed by atoms with Crippen LogP contribution in [-0.4, -0.2) is 49.2 Å². The first-order valence-corrected chi connectivity index (χ1v) is 8.47. The van der Waals surface area contributed by atoms with Crippen LogP contribution in [0, 0.1) is 5.92 Å². The van der Waals surface area contributed by atoms with Crippen LogP contribution in [0.3, 0.4) is 0 Å². The summed E-state index contributed by atoms with van der Waals surface area (Å²) in [5.41, 5.74) is 1.27. The molecule has 2 heterocycles. The van der Waals surface area contributed by atoms with Gasteiger partial charge in [-0.05, 0) is 42.0 Å². The van der Waals surface area contributed by atoms with Gasteiger partial charge in [0.05, 0.1) is 0 Å². The van der Waals surface area contributed by atoms with Crippen LogP contribution in [0.5, 0.6) is 0 Å². The molecule has 5 heteroatoms. The number of nitrogens with one attached hydrogen (secondary N) is 1. The van der Waals surface area contributed by atoms with Gasteiger partial charge in [-0.15, -0.1) is 0 Å². The fourth-order valence-corrected chi connectivity index (χ4v) is 3.38. The highest BCUT2D eigenvalue weighted by molar-refractivity contribution is 9.10. The van der Waals surface area contributed by atoms with Gasteiger partial charge in [-0.25, -0.2) is 4.98 Å². The third kappa shape index (κ3) is 4.18. The fourth-order valence-electron chi connectivity index (χ4n) is 3.00. The highest BCUT2D eigenvalue weighted by atomic mass is 79.9. The number of aromatic nitrogens is 1. The fraction of sp³-hybridized carbons (Fsp3) is 0.688. The van der Waals surface area contributed by atoms with Gasteiger partial charge in [-0.3, -0.25) is 0 Å². The van der Waals surface area contributed by atoms with Crippen LogP contribution in [0.1, 0.15) is 26.3 Å². The highest BCUT2D eigenvalue weighted by Gasteiger charge is 2.32. The third-order valence-corrected chi connectivity index (χ3v) is 4.58. The molecule has 1 saturated heterocycles. The number of hydrogen-bond donors (Lipinski definition) is 1. The van der Waals surface area contributed by atoms with Crippen molar-refractivity contribution in [3.05, 3.63) is 22.3 Å². The van der Waals surface area contributed by atoms with Crippen molar-refractivity contribution in [2.45, 2.75) is 39.4 Å². The lowest BCUT2D eigenvalue weighted by atomic mass is 10.1. The van der Waals surface area contributed by atoms with E-state index in [0.29, 0.717) is 18.0 Å². The minimum Gasteiger partial charge on any atom is -0.354 e. The molecule has 2 rings (SSSR count). The quantitative estimate of drug-likeness (QED) is 0.880. The molecule has 0 amide bonds. The van der Waals surface area contributed by atoms with Crippen LogP contribution < -0.4 is 10.2 Å². The first-order chi connectivity index (χ1) is 9.88. The highest BCUT2D eigenvalue weighted by Crippen LogP contribution is 2.28. The van der Waals surface area contributed by atoms with E-state index in [9.17, 15) is 0 Å². The molecule has 0 aliphatic carbocycles. The molecule has 1 aliphatic rings. The number of nitrogens with zero attached hydrogens (tertiary/aromatic N) is 3. The molecule has 1 aromatic rings. The molecule has 2 atom stereocenters. The second-order valence-electron chi connectivity index (χ2n) is 6.59. The summed E-state index contributed by atoms with van der Waals surface area (Å²) >= 11 is 3.54. The molecule has 1 N–H and O–H groups in total. The number of pyridine rings is 1. The van der Waals surface area contributed by atoms with Crippen LogP contribution in [0.2, 0.25) is 0 Å². The van der Waals surface area contributed by atoms with E-state index in [1.165, 1.54) is 5.56 Å². The Labute approximate surface area is 137 Å². The minimum atomic E-state index is 0.476. The van der Waals surface area contributed by atoms with E-state index in [4.69, 9.17) is 0 Å². The average molecular weight is 355 g/mol. The van der Waals surface area contributed by atoms with Crippen molar-refractivity contribution in [1.82, 2.24) is 15.2 Å². The Hall–Kier alpha value is -0.650. The summed E-state index contributed by atoms with van der Waals surface area (Å²) in [6.45, 7) is 9.66. The number of halogens is 1. The summed E-state index contributed by atoms with van der Waals surface area (Å²) < 4.78 is 1.04. The molecule has 4 nitrogen and oxygen atoms in total. The van der Waals surface area contributed by atoms with E-state index in [2.05, 4.69) is 77.0 Å². The summed E-state index contributed by atoms with van der Waals surface area (Å²) in [5.74, 6) is 1.79. The van der Waals surface area contributed by atoms with Crippen LogP contribution in [0.4, 0.5) is 5.82 Å². The molecule has 21 heavy (non-hydrogen) atoms. The Balaban J connectivity index is 2.19. The Morgan fingerprint density at radius 1 is 1.43 bits per heavy atom. The number of likely N-dealkylation sites (N-methyl/N-ethyl adjacent to an activating group) is 1. The van der Waals surface area contributed by atoms with Gasteiger partial charge in [0.15, 0.2) is 0 Å². The second-order valence-corrected chi connectivity index (χ2v) is 7.50. The van der Waals surface area contributed by atoms with Crippen LogP contribution in [0.25, 0.3) is 0 Å². The van der Waals surface area contributed by atoms with E-state index < -0.39 is 0 Å². The zero-order chi connectivity index (χ0) is 15.6. The Bertz CT molecular complexity index is 475. The number of anilines is 1. The SMILES string of the molecule is CC(C)NCc1cc(Br)cnc1N1CC(C)C(N(C)C)C1. The monoisotopic (exact) mass is 354 g/mol. The van der Waals surface area contributed by atoms with Gasteiger partial charge in [0.25, 0.3) is 0 Å². The molecule has 0 bridgehead atoms. The zero-order valence-corrected chi connectivity index (χ0v) is 15.3. The van der Waals surface area contributed by atoms with Gasteiger partial charge in [-0.2, -0.15) is 0 Å². The molecule has 0 radical (unpaired) electrons. The molecular formula is C16H27BrN4. The zero-order valence-electron chi connectivity index (χ0n) is 13.7. The predicted molar refractivity (Wildman–Crippen MR) is 92.8 cm³/mol. The lowest BCUT2D eigenvalue weighted by Gasteiger charge is -2.24. The van der Waals surface area contributed by atoms with Crippen LogP contribution in [0.15, 0.2) is 16.7 Å². The minimum absolute atomic E-state index is 0.476. The van der Waals surface area contributed by atoms with Gasteiger partial charge < -0.3 is 15.1 Å². The maximum absolute atomic E-state index is 4.69. The van der Waals surface area contributed by atoms with Crippen molar-refractivity contribution in [3.8, 4) is 0 Å². The number of hydrogen-bond acceptors (Lipinski definition) is 4. The topological polar surface area (TPSA) is 31.4 Å². The van der Waals surface area contributed by atoms with Crippen molar-refractivity contribution in [2.75, 3.05) is 32.1 Å². The third-order valence-electron chi connectivity index (χ3n) is 4.15. The molecule has 118 valence electrons. The summed E-state index contributed by atoms with van der Waals surface area (Å²) in [7, 11) is 4.34. The first-order valence-electron chi connectivity index (χ1n) is 7.67. The molecule has 1 fully saturated rings. The van der Waals surface area contributed by atoms with Gasteiger partial charge in [0, 0.05) is 48.0 Å². The Morgan fingerprint density at radius 3 is 2.71 bits per heavy atom. The predicted octanol–water partition coefficient (Wildman–Crippen LogP) is 2.73. The molecular weight excluding hydrogens is 328 g/mol. The lowest BCUT2D eigenvalue weighted by Crippen LogP contribution is -2.34. The van der Waals surface area contributed by atoms with E-state index in [0.717, 1.165) is 29.9 Å². The van der Waals surface area contributed by atoms with Gasteiger partial charge in [-0.1, -0.05) is 20.8 Å². The Kier molecular flexibility index (Phi) is 5.63. The van der Waals surface area contributed by atoms with Gasteiger partial charge in [0.2, 0.25) is 0 Å². The summed E-state index contributed by atoms with van der Waals surface area (Å²) in [6.07, 6.45) is 1.90. The lowest BCUT2D eigenvalue weighted by molar-refractivity contribution is 0.266. The van der Waals surface area contributed by atoms with Crippen molar-refractivity contribution < 1.29 is 0 Å². The maximum Gasteiger partial charge on any atom is 0.133 e. The average Bonchev–Trinajstić information content (AvgIpc) is 2.78. The first kappa shape index (κ1) is 16.7.